The van der Waals surface area contributed by atoms with E-state index in [9.17, 15) is 0 Å². The fourth-order valence-electron chi connectivity index (χ4n) is 3.89. The van der Waals surface area contributed by atoms with Crippen molar-refractivity contribution in [2.75, 3.05) is 47.4 Å². The second kappa shape index (κ2) is 5.13. The van der Waals surface area contributed by atoms with Crippen LogP contribution in [0.1, 0.15) is 0 Å². The third-order valence-electron chi connectivity index (χ3n) is 6.05. The van der Waals surface area contributed by atoms with Gasteiger partial charge in [0.05, 0.1) is 0 Å². The zero-order valence-electron chi connectivity index (χ0n) is 15.4. The first-order valence-corrected chi connectivity index (χ1v) is 8.60. The lowest BCUT2D eigenvalue weighted by atomic mass is 9.78. The Labute approximate surface area is 145 Å². The van der Waals surface area contributed by atoms with Crippen LogP contribution in [0.4, 0.5) is 22.7 Å². The molecule has 0 spiro atoms. The van der Waals surface area contributed by atoms with E-state index in [0.717, 1.165) is 0 Å². The molecule has 0 saturated heterocycles. The summed E-state index contributed by atoms with van der Waals surface area (Å²) in [5.74, 6) is 0. The molecule has 2 aliphatic rings. The van der Waals surface area contributed by atoms with E-state index < -0.39 is 0 Å². The van der Waals surface area contributed by atoms with Crippen LogP contribution in [-0.2, 0) is 0 Å². The van der Waals surface area contributed by atoms with Crippen LogP contribution in [-0.4, -0.2) is 42.2 Å². The maximum Gasteiger partial charge on any atom is 0.371 e. The molecule has 2 aliphatic heterocycles. The molecule has 0 bridgehead atoms. The fraction of sp³-hybridized carbons (Fsp3) is 0.333. The average molecular weight is 318 g/mol. The molecule has 0 radical (unpaired) electrons. The minimum atomic E-state index is 0.399. The Morgan fingerprint density at radius 3 is 1.25 bits per heavy atom. The molecule has 0 aliphatic carbocycles. The SMILES string of the molecule is CB1N(C)c2ccc(-c3ccc4c(c3)N(C)B(C)N4C)cc2N1C. The van der Waals surface area contributed by atoms with Crippen molar-refractivity contribution in [1.29, 1.82) is 0 Å². The van der Waals surface area contributed by atoms with Crippen LogP contribution in [0.15, 0.2) is 36.4 Å². The molecule has 0 aromatic heterocycles. The molecule has 2 heterocycles. The maximum absolute atomic E-state index is 2.34. The van der Waals surface area contributed by atoms with Gasteiger partial charge in [0.1, 0.15) is 0 Å². The lowest BCUT2D eigenvalue weighted by Gasteiger charge is -2.19. The van der Waals surface area contributed by atoms with E-state index in [2.05, 4.69) is 97.5 Å². The number of hydrogen-bond donors (Lipinski definition) is 0. The molecular weight excluding hydrogens is 294 g/mol. The van der Waals surface area contributed by atoms with E-state index in [-0.39, 0.29) is 0 Å². The number of fused-ring (bicyclic) bond motifs is 2. The Balaban J connectivity index is 1.77. The van der Waals surface area contributed by atoms with Gasteiger partial charge in [0.25, 0.3) is 0 Å². The summed E-state index contributed by atoms with van der Waals surface area (Å²) in [4.78, 5) is 9.33. The highest BCUT2D eigenvalue weighted by Gasteiger charge is 2.33. The maximum atomic E-state index is 2.34. The summed E-state index contributed by atoms with van der Waals surface area (Å²) < 4.78 is 0. The van der Waals surface area contributed by atoms with Gasteiger partial charge in [0.2, 0.25) is 0 Å². The fourth-order valence-corrected chi connectivity index (χ4v) is 3.89. The lowest BCUT2D eigenvalue weighted by molar-refractivity contribution is 1.29. The predicted molar refractivity (Wildman–Crippen MR) is 109 cm³/mol. The summed E-state index contributed by atoms with van der Waals surface area (Å²) in [7, 11) is 8.66. The summed E-state index contributed by atoms with van der Waals surface area (Å²) >= 11 is 0. The van der Waals surface area contributed by atoms with Gasteiger partial charge in [-0.05, 0) is 77.2 Å². The van der Waals surface area contributed by atoms with Crippen LogP contribution in [0, 0.1) is 0 Å². The largest absolute Gasteiger partial charge is 0.397 e. The van der Waals surface area contributed by atoms with Crippen molar-refractivity contribution in [2.24, 2.45) is 0 Å². The Bertz CT molecular complexity index is 742. The van der Waals surface area contributed by atoms with Crippen molar-refractivity contribution in [3.05, 3.63) is 36.4 Å². The van der Waals surface area contributed by atoms with E-state index in [1.165, 1.54) is 33.9 Å². The minimum Gasteiger partial charge on any atom is -0.397 e. The standard InChI is InChI=1S/C18H24B2N4/c1-19-21(3)15-9-7-13(11-17(15)23(19)5)14-8-10-16-18(12-14)24(6)20(2)22(16)4/h7-12H,1-6H3. The first-order valence-electron chi connectivity index (χ1n) is 8.60. The van der Waals surface area contributed by atoms with Gasteiger partial charge in [-0.25, -0.2) is 0 Å². The average Bonchev–Trinajstić information content (AvgIpc) is 2.95. The Morgan fingerprint density at radius 2 is 0.875 bits per heavy atom. The summed E-state index contributed by atoms with van der Waals surface area (Å²) in [6.07, 6.45) is 0. The smallest absolute Gasteiger partial charge is 0.371 e. The van der Waals surface area contributed by atoms with Crippen molar-refractivity contribution < 1.29 is 0 Å². The molecular formula is C18H24B2N4. The number of nitrogens with zero attached hydrogens (tertiary/aromatic N) is 4. The Kier molecular flexibility index (Phi) is 3.27. The summed E-state index contributed by atoms with van der Waals surface area (Å²) in [5, 5.41) is 0. The predicted octanol–water partition coefficient (Wildman–Crippen LogP) is 3.36. The van der Waals surface area contributed by atoms with Gasteiger partial charge in [-0.2, -0.15) is 0 Å². The highest BCUT2D eigenvalue weighted by atomic mass is 15.3. The number of benzene rings is 2. The zero-order valence-corrected chi connectivity index (χ0v) is 15.4. The molecule has 24 heavy (non-hydrogen) atoms. The van der Waals surface area contributed by atoms with Gasteiger partial charge < -0.3 is 19.2 Å². The Morgan fingerprint density at radius 1 is 0.542 bits per heavy atom. The van der Waals surface area contributed by atoms with Crippen LogP contribution >= 0.6 is 0 Å². The van der Waals surface area contributed by atoms with Crippen molar-refractivity contribution in [3.8, 4) is 11.1 Å². The molecule has 2 aromatic carbocycles. The highest BCUT2D eigenvalue weighted by molar-refractivity contribution is 6.69. The molecule has 0 fully saturated rings. The topological polar surface area (TPSA) is 13.0 Å². The van der Waals surface area contributed by atoms with Crippen LogP contribution in [0.3, 0.4) is 0 Å². The van der Waals surface area contributed by atoms with Gasteiger partial charge in [0.15, 0.2) is 0 Å². The van der Waals surface area contributed by atoms with E-state index in [1.807, 2.05) is 0 Å². The van der Waals surface area contributed by atoms with Crippen LogP contribution in [0.5, 0.6) is 0 Å². The van der Waals surface area contributed by atoms with Gasteiger partial charge in [0, 0.05) is 22.7 Å². The number of hydrogen-bond acceptors (Lipinski definition) is 4. The summed E-state index contributed by atoms with van der Waals surface area (Å²) in [6, 6.07) is 13.6. The van der Waals surface area contributed by atoms with Crippen molar-refractivity contribution in [1.82, 2.24) is 0 Å². The molecule has 0 amide bonds. The molecule has 4 nitrogen and oxygen atoms in total. The molecule has 0 saturated carbocycles. The van der Waals surface area contributed by atoms with Crippen molar-refractivity contribution in [3.63, 3.8) is 0 Å². The third kappa shape index (κ3) is 1.95. The van der Waals surface area contributed by atoms with E-state index in [1.54, 1.807) is 0 Å². The molecule has 4 rings (SSSR count). The first-order chi connectivity index (χ1) is 11.4. The lowest BCUT2D eigenvalue weighted by Crippen LogP contribution is -2.41. The molecule has 6 heteroatoms. The normalized spacial score (nSPS) is 16.2. The second-order valence-corrected chi connectivity index (χ2v) is 7.11. The van der Waals surface area contributed by atoms with Gasteiger partial charge >= 0.3 is 14.0 Å². The highest BCUT2D eigenvalue weighted by Crippen LogP contribution is 2.42. The van der Waals surface area contributed by atoms with Crippen molar-refractivity contribution in [2.45, 2.75) is 13.6 Å². The third-order valence-corrected chi connectivity index (χ3v) is 6.05. The van der Waals surface area contributed by atoms with Crippen LogP contribution in [0.2, 0.25) is 13.6 Å². The van der Waals surface area contributed by atoms with E-state index in [4.69, 9.17) is 0 Å². The summed E-state index contributed by atoms with van der Waals surface area (Å²) in [6.45, 7) is 5.27. The van der Waals surface area contributed by atoms with Gasteiger partial charge in [-0.15, -0.1) is 0 Å². The molecule has 122 valence electrons. The minimum absolute atomic E-state index is 0.399. The molecule has 2 aromatic rings. The Hall–Kier alpha value is -2.23. The molecule has 0 unspecified atom stereocenters. The molecule has 0 atom stereocenters. The van der Waals surface area contributed by atoms with Crippen LogP contribution < -0.4 is 19.2 Å². The molecule has 0 N–H and O–H groups in total. The van der Waals surface area contributed by atoms with E-state index in [0.29, 0.717) is 14.0 Å². The second-order valence-electron chi connectivity index (χ2n) is 7.11. The quantitative estimate of drug-likeness (QED) is 0.748. The number of rotatable bonds is 1. The zero-order chi connectivity index (χ0) is 17.2. The number of anilines is 4. The van der Waals surface area contributed by atoms with Gasteiger partial charge in [-0.1, -0.05) is 12.1 Å². The first kappa shape index (κ1) is 15.3. The van der Waals surface area contributed by atoms with Gasteiger partial charge in [-0.3, -0.25) is 0 Å². The van der Waals surface area contributed by atoms with E-state index >= 15 is 0 Å². The van der Waals surface area contributed by atoms with Crippen molar-refractivity contribution >= 4 is 36.7 Å². The summed E-state index contributed by atoms with van der Waals surface area (Å²) in [5.41, 5.74) is 7.78. The van der Waals surface area contributed by atoms with Crippen LogP contribution in [0.25, 0.3) is 11.1 Å². The monoisotopic (exact) mass is 318 g/mol.